The minimum absolute atomic E-state index is 0.0278. The van der Waals surface area contributed by atoms with E-state index < -0.39 is 0 Å². The van der Waals surface area contributed by atoms with Crippen LogP contribution in [0.15, 0.2) is 0 Å². The van der Waals surface area contributed by atoms with Crippen molar-refractivity contribution >= 4 is 12.6 Å². The summed E-state index contributed by atoms with van der Waals surface area (Å²) in [6.45, 7) is 1.38. The molecule has 0 radical (unpaired) electrons. The minimum atomic E-state index is 0.0278. The highest BCUT2D eigenvalue weighted by molar-refractivity contribution is 7.80. The van der Waals surface area contributed by atoms with Gasteiger partial charge in [0.15, 0.2) is 0 Å². The lowest BCUT2D eigenvalue weighted by molar-refractivity contribution is 0.0650. The van der Waals surface area contributed by atoms with Gasteiger partial charge in [-0.1, -0.05) is 0 Å². The molecule has 70 valence electrons. The molecule has 4 nitrogen and oxygen atoms in total. The van der Waals surface area contributed by atoms with E-state index in [4.69, 9.17) is 15.9 Å². The van der Waals surface area contributed by atoms with Crippen molar-refractivity contribution in [3.05, 3.63) is 0 Å². The first kappa shape index (κ1) is 13.8. The largest absolute Gasteiger partial charge is 0.394 e. The summed E-state index contributed by atoms with van der Waals surface area (Å²) in [4.78, 5) is 0. The van der Waals surface area contributed by atoms with E-state index in [1.807, 2.05) is 0 Å². The molecule has 4 N–H and O–H groups in total. The Morgan fingerprint density at radius 3 is 1.73 bits per heavy atom. The van der Waals surface area contributed by atoms with Gasteiger partial charge in [-0.2, -0.15) is 12.6 Å². The number of hydrogen-bond acceptors (Lipinski definition) is 5. The Bertz CT molecular complexity index is 51.1. The van der Waals surface area contributed by atoms with Crippen LogP contribution in [0.5, 0.6) is 0 Å². The lowest BCUT2D eigenvalue weighted by atomic mass is 10.7. The van der Waals surface area contributed by atoms with Crippen LogP contribution in [0.1, 0.15) is 0 Å². The Hall–Kier alpha value is 0.190. The Labute approximate surface area is 72.8 Å². The molecule has 0 aliphatic heterocycles. The van der Waals surface area contributed by atoms with Crippen LogP contribution < -0.4 is 5.73 Å². The van der Waals surface area contributed by atoms with Crippen molar-refractivity contribution in [2.45, 2.75) is 0 Å². The van der Waals surface area contributed by atoms with Crippen LogP contribution >= 0.6 is 12.6 Å². The van der Waals surface area contributed by atoms with Crippen LogP contribution in [0, 0.1) is 0 Å². The first-order valence-electron chi connectivity index (χ1n) is 3.43. The number of aliphatic hydroxyl groups excluding tert-OH is 2. The van der Waals surface area contributed by atoms with Gasteiger partial charge in [-0.15, -0.1) is 0 Å². The van der Waals surface area contributed by atoms with Crippen molar-refractivity contribution in [1.82, 2.24) is 0 Å². The zero-order chi connectivity index (χ0) is 8.95. The first-order chi connectivity index (χ1) is 5.33. The summed E-state index contributed by atoms with van der Waals surface area (Å²) in [6, 6.07) is 0. The predicted molar refractivity (Wildman–Crippen MR) is 47.9 cm³/mol. The van der Waals surface area contributed by atoms with Crippen LogP contribution in [-0.2, 0) is 4.74 Å². The van der Waals surface area contributed by atoms with E-state index in [2.05, 4.69) is 17.4 Å². The second kappa shape index (κ2) is 16.6. The average Bonchev–Trinajstić information content (AvgIpc) is 2.06. The molecule has 11 heavy (non-hydrogen) atoms. The molecule has 0 aromatic heterocycles. The van der Waals surface area contributed by atoms with E-state index in [9.17, 15) is 0 Å². The highest BCUT2D eigenvalue weighted by Crippen LogP contribution is 1.68. The molecule has 5 heteroatoms. The topological polar surface area (TPSA) is 75.7 Å². The summed E-state index contributed by atoms with van der Waals surface area (Å²) in [6.07, 6.45) is 0. The molecule has 0 aromatic rings. The van der Waals surface area contributed by atoms with Crippen molar-refractivity contribution in [2.24, 2.45) is 5.73 Å². The third-order valence-corrected chi connectivity index (χ3v) is 0.859. The molecular formula is C6H17NO3S. The molecule has 0 saturated heterocycles. The molecule has 0 aliphatic carbocycles. The molecule has 0 unspecified atom stereocenters. The van der Waals surface area contributed by atoms with E-state index in [0.29, 0.717) is 19.8 Å². The monoisotopic (exact) mass is 183 g/mol. The zero-order valence-corrected chi connectivity index (χ0v) is 7.46. The SMILES string of the molecule is NCCS.OCCOCCO. The summed E-state index contributed by atoms with van der Waals surface area (Å²) in [5.74, 6) is 0.792. The number of nitrogens with two attached hydrogens (primary N) is 1. The summed E-state index contributed by atoms with van der Waals surface area (Å²) in [5, 5.41) is 16.2. The van der Waals surface area contributed by atoms with Gasteiger partial charge >= 0.3 is 0 Å². The summed E-state index contributed by atoms with van der Waals surface area (Å²) in [7, 11) is 0. The number of aliphatic hydroxyl groups is 2. The van der Waals surface area contributed by atoms with Crippen molar-refractivity contribution in [2.75, 3.05) is 38.7 Å². The van der Waals surface area contributed by atoms with E-state index in [-0.39, 0.29) is 13.2 Å². The van der Waals surface area contributed by atoms with Crippen LogP contribution in [0.25, 0.3) is 0 Å². The first-order valence-corrected chi connectivity index (χ1v) is 4.07. The second-order valence-electron chi connectivity index (χ2n) is 1.57. The third-order valence-electron chi connectivity index (χ3n) is 0.600. The summed E-state index contributed by atoms with van der Waals surface area (Å²) in [5.41, 5.74) is 4.95. The summed E-state index contributed by atoms with van der Waals surface area (Å²) < 4.78 is 4.63. The molecule has 0 bridgehead atoms. The maximum Gasteiger partial charge on any atom is 0.0698 e. The van der Waals surface area contributed by atoms with Crippen molar-refractivity contribution < 1.29 is 14.9 Å². The highest BCUT2D eigenvalue weighted by atomic mass is 32.1. The number of hydrogen-bond donors (Lipinski definition) is 4. The molecule has 0 aromatic carbocycles. The standard InChI is InChI=1S/C4H10O3.C2H7NS/c5-1-3-7-4-2-6;3-1-2-4/h5-6H,1-4H2;4H,1-3H2. The number of ether oxygens (including phenoxy) is 1. The lowest BCUT2D eigenvalue weighted by Gasteiger charge is -1.94. The molecule has 0 fully saturated rings. The molecule has 0 saturated carbocycles. The second-order valence-corrected chi connectivity index (χ2v) is 2.02. The normalized spacial score (nSPS) is 8.73. The molecule has 0 aliphatic rings. The molecule has 0 heterocycles. The van der Waals surface area contributed by atoms with E-state index in [0.717, 1.165) is 5.75 Å². The summed E-state index contributed by atoms with van der Waals surface area (Å²) >= 11 is 3.80. The third kappa shape index (κ3) is 25.4. The number of rotatable bonds is 5. The fourth-order valence-corrected chi connectivity index (χ4v) is 0.231. The molecule has 0 rings (SSSR count). The highest BCUT2D eigenvalue weighted by Gasteiger charge is 1.79. The van der Waals surface area contributed by atoms with Gasteiger partial charge in [0.2, 0.25) is 0 Å². The Kier molecular flexibility index (Phi) is 20.8. The molecule has 0 amide bonds. The fourth-order valence-electron chi connectivity index (χ4n) is 0.231. The van der Waals surface area contributed by atoms with Crippen LogP contribution in [-0.4, -0.2) is 48.9 Å². The van der Waals surface area contributed by atoms with E-state index in [1.165, 1.54) is 0 Å². The van der Waals surface area contributed by atoms with E-state index in [1.54, 1.807) is 0 Å². The van der Waals surface area contributed by atoms with Crippen LogP contribution in [0.4, 0.5) is 0 Å². The van der Waals surface area contributed by atoms with Gasteiger partial charge in [0.1, 0.15) is 0 Å². The van der Waals surface area contributed by atoms with Crippen molar-refractivity contribution in [3.63, 3.8) is 0 Å². The average molecular weight is 183 g/mol. The lowest BCUT2D eigenvalue weighted by Crippen LogP contribution is -2.03. The van der Waals surface area contributed by atoms with Gasteiger partial charge in [0, 0.05) is 12.3 Å². The minimum Gasteiger partial charge on any atom is -0.394 e. The Morgan fingerprint density at radius 1 is 1.18 bits per heavy atom. The van der Waals surface area contributed by atoms with Gasteiger partial charge in [0.25, 0.3) is 0 Å². The van der Waals surface area contributed by atoms with Crippen LogP contribution in [0.3, 0.4) is 0 Å². The number of thiol groups is 1. The van der Waals surface area contributed by atoms with Gasteiger partial charge in [0.05, 0.1) is 26.4 Å². The van der Waals surface area contributed by atoms with Gasteiger partial charge < -0.3 is 20.7 Å². The van der Waals surface area contributed by atoms with Crippen molar-refractivity contribution in [3.8, 4) is 0 Å². The quantitative estimate of drug-likeness (QED) is 0.321. The van der Waals surface area contributed by atoms with Crippen LogP contribution in [0.2, 0.25) is 0 Å². The maximum atomic E-state index is 8.09. The van der Waals surface area contributed by atoms with Gasteiger partial charge in [-0.25, -0.2) is 0 Å². The fraction of sp³-hybridized carbons (Fsp3) is 1.00. The zero-order valence-electron chi connectivity index (χ0n) is 6.57. The molecular weight excluding hydrogens is 166 g/mol. The molecule has 0 atom stereocenters. The van der Waals surface area contributed by atoms with Gasteiger partial charge in [-0.05, 0) is 0 Å². The van der Waals surface area contributed by atoms with Gasteiger partial charge in [-0.3, -0.25) is 0 Å². The van der Waals surface area contributed by atoms with E-state index >= 15 is 0 Å². The maximum absolute atomic E-state index is 8.09. The Balaban J connectivity index is 0. The predicted octanol–water partition coefficient (Wildman–Crippen LogP) is -1.14. The Morgan fingerprint density at radius 2 is 1.55 bits per heavy atom. The smallest absolute Gasteiger partial charge is 0.0698 e. The van der Waals surface area contributed by atoms with Crippen molar-refractivity contribution in [1.29, 1.82) is 0 Å². The molecule has 0 spiro atoms.